The van der Waals surface area contributed by atoms with Crippen LogP contribution in [0.3, 0.4) is 0 Å². The molecule has 1 aromatic rings. The third-order valence-corrected chi connectivity index (χ3v) is 6.16. The molecule has 0 saturated heterocycles. The summed E-state index contributed by atoms with van der Waals surface area (Å²) < 4.78 is 1.17. The molecule has 0 amide bonds. The number of hydrazine groups is 1. The van der Waals surface area contributed by atoms with Crippen molar-refractivity contribution in [2.45, 2.75) is 43.5 Å². The first kappa shape index (κ1) is 15.4. The van der Waals surface area contributed by atoms with Gasteiger partial charge in [0, 0.05) is 21.2 Å². The maximum Gasteiger partial charge on any atom is 0.0332 e. The summed E-state index contributed by atoms with van der Waals surface area (Å²) in [6, 6.07) is 8.80. The van der Waals surface area contributed by atoms with Gasteiger partial charge in [0.15, 0.2) is 0 Å². The van der Waals surface area contributed by atoms with Crippen LogP contribution >= 0.6 is 27.7 Å². The largest absolute Gasteiger partial charge is 0.271 e. The van der Waals surface area contributed by atoms with Gasteiger partial charge >= 0.3 is 0 Å². The predicted octanol–water partition coefficient (Wildman–Crippen LogP) is 4.20. The third kappa shape index (κ3) is 4.48. The summed E-state index contributed by atoms with van der Waals surface area (Å²) in [5.41, 5.74) is 3.05. The van der Waals surface area contributed by atoms with Crippen LogP contribution in [0.1, 0.15) is 32.6 Å². The van der Waals surface area contributed by atoms with Crippen molar-refractivity contribution >= 4 is 27.7 Å². The Labute approximate surface area is 129 Å². The lowest BCUT2D eigenvalue weighted by Crippen LogP contribution is -2.44. The summed E-state index contributed by atoms with van der Waals surface area (Å²) in [6.07, 6.45) is 5.36. The monoisotopic (exact) mass is 342 g/mol. The lowest BCUT2D eigenvalue weighted by molar-refractivity contribution is 0.235. The second kappa shape index (κ2) is 7.67. The zero-order chi connectivity index (χ0) is 13.7. The molecule has 0 radical (unpaired) electrons. The summed E-state index contributed by atoms with van der Waals surface area (Å²) in [5, 5.41) is 0. The van der Waals surface area contributed by atoms with Crippen molar-refractivity contribution in [1.29, 1.82) is 0 Å². The van der Waals surface area contributed by atoms with Crippen LogP contribution in [0.4, 0.5) is 0 Å². The Morgan fingerprint density at radius 3 is 2.89 bits per heavy atom. The molecule has 0 spiro atoms. The summed E-state index contributed by atoms with van der Waals surface area (Å²) in [6.45, 7) is 2.36. The van der Waals surface area contributed by atoms with E-state index in [1.807, 2.05) is 11.8 Å². The lowest BCUT2D eigenvalue weighted by Gasteiger charge is -2.32. The first-order chi connectivity index (χ1) is 9.20. The molecule has 3 N–H and O–H groups in total. The summed E-state index contributed by atoms with van der Waals surface area (Å²) in [4.78, 5) is 1.30. The SMILES string of the molecule is CC1CCCC(C(CSc2ccccc2Br)NN)C1. The number of hydrogen-bond donors (Lipinski definition) is 2. The van der Waals surface area contributed by atoms with Crippen molar-refractivity contribution < 1.29 is 0 Å². The fraction of sp³-hybridized carbons (Fsp3) is 0.600. The molecular formula is C15H23BrN2S. The van der Waals surface area contributed by atoms with E-state index < -0.39 is 0 Å². The van der Waals surface area contributed by atoms with Gasteiger partial charge in [-0.05, 0) is 52.7 Å². The number of nitrogens with one attached hydrogen (secondary N) is 1. The van der Waals surface area contributed by atoms with Crippen LogP contribution in [0.5, 0.6) is 0 Å². The average molecular weight is 343 g/mol. The van der Waals surface area contributed by atoms with E-state index in [0.717, 1.165) is 17.6 Å². The lowest BCUT2D eigenvalue weighted by atomic mass is 9.79. The van der Waals surface area contributed by atoms with E-state index in [0.29, 0.717) is 6.04 Å². The maximum absolute atomic E-state index is 5.78. The van der Waals surface area contributed by atoms with Crippen molar-refractivity contribution in [3.8, 4) is 0 Å². The Balaban J connectivity index is 1.90. The number of hydrogen-bond acceptors (Lipinski definition) is 3. The minimum atomic E-state index is 0.417. The number of rotatable bonds is 5. The van der Waals surface area contributed by atoms with Gasteiger partial charge < -0.3 is 0 Å². The van der Waals surface area contributed by atoms with Crippen LogP contribution in [-0.4, -0.2) is 11.8 Å². The quantitative estimate of drug-likeness (QED) is 0.478. The van der Waals surface area contributed by atoms with Crippen LogP contribution < -0.4 is 11.3 Å². The van der Waals surface area contributed by atoms with Gasteiger partial charge in [0.2, 0.25) is 0 Å². The first-order valence-corrected chi connectivity index (χ1v) is 8.82. The molecule has 2 rings (SSSR count). The Bertz CT molecular complexity index is 399. The van der Waals surface area contributed by atoms with Crippen molar-refractivity contribution in [3.05, 3.63) is 28.7 Å². The summed E-state index contributed by atoms with van der Waals surface area (Å²) in [7, 11) is 0. The second-order valence-electron chi connectivity index (χ2n) is 5.55. The topological polar surface area (TPSA) is 38.0 Å². The van der Waals surface area contributed by atoms with Gasteiger partial charge in [-0.1, -0.05) is 31.9 Å². The number of benzene rings is 1. The van der Waals surface area contributed by atoms with Crippen molar-refractivity contribution in [3.63, 3.8) is 0 Å². The van der Waals surface area contributed by atoms with Crippen molar-refractivity contribution in [1.82, 2.24) is 5.43 Å². The smallest absolute Gasteiger partial charge is 0.0332 e. The van der Waals surface area contributed by atoms with Gasteiger partial charge in [-0.25, -0.2) is 0 Å². The summed E-state index contributed by atoms with van der Waals surface area (Å²) in [5.74, 6) is 8.39. The molecule has 0 aliphatic heterocycles. The maximum atomic E-state index is 5.78. The van der Waals surface area contributed by atoms with Gasteiger partial charge in [-0.2, -0.15) is 0 Å². The molecule has 1 saturated carbocycles. The highest BCUT2D eigenvalue weighted by atomic mass is 79.9. The Kier molecular flexibility index (Phi) is 6.20. The molecule has 1 aliphatic carbocycles. The van der Waals surface area contributed by atoms with E-state index in [1.54, 1.807) is 0 Å². The molecule has 1 aromatic carbocycles. The molecule has 0 aromatic heterocycles. The van der Waals surface area contributed by atoms with Crippen molar-refractivity contribution in [2.24, 2.45) is 17.7 Å². The Morgan fingerprint density at radius 1 is 1.42 bits per heavy atom. The molecule has 0 heterocycles. The van der Waals surface area contributed by atoms with Gasteiger partial charge in [0.05, 0.1) is 0 Å². The van der Waals surface area contributed by atoms with Crippen LogP contribution in [0.2, 0.25) is 0 Å². The zero-order valence-corrected chi connectivity index (χ0v) is 13.8. The molecule has 1 fully saturated rings. The normalized spacial score (nSPS) is 25.2. The molecule has 2 nitrogen and oxygen atoms in total. The van der Waals surface area contributed by atoms with Crippen LogP contribution in [0.25, 0.3) is 0 Å². The van der Waals surface area contributed by atoms with E-state index in [-0.39, 0.29) is 0 Å². The highest BCUT2D eigenvalue weighted by Gasteiger charge is 2.26. The molecule has 106 valence electrons. The fourth-order valence-electron chi connectivity index (χ4n) is 2.91. The molecule has 19 heavy (non-hydrogen) atoms. The van der Waals surface area contributed by atoms with E-state index in [4.69, 9.17) is 5.84 Å². The standard InChI is InChI=1S/C15H23BrN2S/c1-11-5-4-6-12(9-11)14(18-17)10-19-15-8-3-2-7-13(15)16/h2-3,7-8,11-12,14,18H,4-6,9-10,17H2,1H3. The number of nitrogens with two attached hydrogens (primary N) is 1. The highest BCUT2D eigenvalue weighted by Crippen LogP contribution is 2.34. The van der Waals surface area contributed by atoms with Crippen LogP contribution in [0.15, 0.2) is 33.6 Å². The van der Waals surface area contributed by atoms with Gasteiger partial charge in [-0.15, -0.1) is 11.8 Å². The van der Waals surface area contributed by atoms with E-state index >= 15 is 0 Å². The second-order valence-corrected chi connectivity index (χ2v) is 7.46. The minimum Gasteiger partial charge on any atom is -0.271 e. The molecule has 0 bridgehead atoms. The van der Waals surface area contributed by atoms with Crippen LogP contribution in [-0.2, 0) is 0 Å². The number of thioether (sulfide) groups is 1. The fourth-order valence-corrected chi connectivity index (χ4v) is 4.64. The van der Waals surface area contributed by atoms with E-state index in [9.17, 15) is 0 Å². The zero-order valence-electron chi connectivity index (χ0n) is 11.4. The van der Waals surface area contributed by atoms with E-state index in [1.165, 1.54) is 35.1 Å². The third-order valence-electron chi connectivity index (χ3n) is 4.02. The highest BCUT2D eigenvalue weighted by molar-refractivity contribution is 9.10. The molecule has 1 aliphatic rings. The Hall–Kier alpha value is -0.0300. The number of halogens is 1. The van der Waals surface area contributed by atoms with E-state index in [2.05, 4.69) is 52.5 Å². The predicted molar refractivity (Wildman–Crippen MR) is 87.1 cm³/mol. The summed E-state index contributed by atoms with van der Waals surface area (Å²) >= 11 is 5.49. The van der Waals surface area contributed by atoms with Crippen LogP contribution in [0, 0.1) is 11.8 Å². The van der Waals surface area contributed by atoms with Crippen molar-refractivity contribution in [2.75, 3.05) is 5.75 Å². The average Bonchev–Trinajstić information content (AvgIpc) is 2.41. The minimum absolute atomic E-state index is 0.417. The van der Waals surface area contributed by atoms with Gasteiger partial charge in [0.1, 0.15) is 0 Å². The molecule has 3 atom stereocenters. The van der Waals surface area contributed by atoms with Gasteiger partial charge in [-0.3, -0.25) is 11.3 Å². The molecular weight excluding hydrogens is 320 g/mol. The first-order valence-electron chi connectivity index (χ1n) is 7.04. The molecule has 4 heteroatoms. The molecule has 3 unspecified atom stereocenters. The van der Waals surface area contributed by atoms with Gasteiger partial charge in [0.25, 0.3) is 0 Å². The Morgan fingerprint density at radius 2 is 2.21 bits per heavy atom.